The van der Waals surface area contributed by atoms with Crippen molar-refractivity contribution in [2.24, 2.45) is 16.7 Å². The highest BCUT2D eigenvalue weighted by Gasteiger charge is 2.53. The molecule has 2 aliphatic rings. The van der Waals surface area contributed by atoms with E-state index in [1.807, 2.05) is 0 Å². The lowest BCUT2D eigenvalue weighted by molar-refractivity contribution is 0.188. The lowest BCUT2D eigenvalue weighted by atomic mass is 9.70. The standard InChI is InChI=1S/C10H14/c1-9(2)8-4-6-10(9,3)7-5-8/h8H,4,6H2,1-3H3. The van der Waals surface area contributed by atoms with Gasteiger partial charge in [-0.1, -0.05) is 25.7 Å². The maximum Gasteiger partial charge on any atom is 0.0349 e. The van der Waals surface area contributed by atoms with Crippen molar-refractivity contribution >= 4 is 0 Å². The van der Waals surface area contributed by atoms with Crippen LogP contribution in [0.2, 0.25) is 0 Å². The van der Waals surface area contributed by atoms with Crippen molar-refractivity contribution in [2.45, 2.75) is 33.6 Å². The van der Waals surface area contributed by atoms with Crippen molar-refractivity contribution in [3.8, 4) is 11.8 Å². The highest BCUT2D eigenvalue weighted by molar-refractivity contribution is 5.31. The normalized spacial score (nSPS) is 46.9. The smallest absolute Gasteiger partial charge is 0.0349 e. The Labute approximate surface area is 63.0 Å². The zero-order chi connectivity index (χ0) is 7.41. The van der Waals surface area contributed by atoms with Gasteiger partial charge in [0.2, 0.25) is 0 Å². The molecule has 0 aromatic rings. The van der Waals surface area contributed by atoms with Crippen molar-refractivity contribution < 1.29 is 0 Å². The number of fused-ring (bicyclic) bond motifs is 2. The van der Waals surface area contributed by atoms with Crippen LogP contribution in [0.1, 0.15) is 33.6 Å². The van der Waals surface area contributed by atoms with E-state index in [-0.39, 0.29) is 0 Å². The summed E-state index contributed by atoms with van der Waals surface area (Å²) in [6.45, 7) is 7.00. The summed E-state index contributed by atoms with van der Waals surface area (Å²) in [6.07, 6.45) is 2.65. The molecule has 1 fully saturated rings. The van der Waals surface area contributed by atoms with Crippen LogP contribution < -0.4 is 0 Å². The fourth-order valence-corrected chi connectivity index (χ4v) is 2.22. The Kier molecular flexibility index (Phi) is 0.892. The third kappa shape index (κ3) is 0.461. The van der Waals surface area contributed by atoms with E-state index in [1.165, 1.54) is 12.8 Å². The van der Waals surface area contributed by atoms with Gasteiger partial charge in [0.05, 0.1) is 0 Å². The Morgan fingerprint density at radius 3 is 2.10 bits per heavy atom. The molecule has 0 heterocycles. The minimum absolute atomic E-state index is 0.345. The van der Waals surface area contributed by atoms with E-state index in [0.717, 1.165) is 0 Å². The molecule has 0 aliphatic heterocycles. The van der Waals surface area contributed by atoms with Crippen LogP contribution in [-0.4, -0.2) is 0 Å². The predicted molar refractivity (Wildman–Crippen MR) is 42.4 cm³/mol. The van der Waals surface area contributed by atoms with Crippen LogP contribution in [0.5, 0.6) is 0 Å². The fourth-order valence-electron chi connectivity index (χ4n) is 2.22. The minimum atomic E-state index is 0.345. The first-order chi connectivity index (χ1) is 4.56. The molecule has 0 heteroatoms. The van der Waals surface area contributed by atoms with Gasteiger partial charge in [0.1, 0.15) is 0 Å². The quantitative estimate of drug-likeness (QED) is 0.446. The Balaban J connectivity index is 2.48. The van der Waals surface area contributed by atoms with Gasteiger partial charge in [0.15, 0.2) is 0 Å². The van der Waals surface area contributed by atoms with Crippen LogP contribution in [-0.2, 0) is 0 Å². The molecule has 1 saturated carbocycles. The molecule has 0 radical (unpaired) electrons. The van der Waals surface area contributed by atoms with E-state index in [2.05, 4.69) is 32.6 Å². The number of rotatable bonds is 0. The molecule has 2 unspecified atom stereocenters. The van der Waals surface area contributed by atoms with Gasteiger partial charge >= 0.3 is 0 Å². The molecule has 54 valence electrons. The summed E-state index contributed by atoms with van der Waals surface area (Å²) in [7, 11) is 0. The van der Waals surface area contributed by atoms with Gasteiger partial charge in [0.25, 0.3) is 0 Å². The maximum atomic E-state index is 3.37. The Bertz CT molecular complexity index is 226. The average molecular weight is 134 g/mol. The lowest BCUT2D eigenvalue weighted by Gasteiger charge is -2.32. The SMILES string of the molecule is CC12C#CC(CC1)C2(C)C. The van der Waals surface area contributed by atoms with Gasteiger partial charge in [-0.05, 0) is 25.2 Å². The Morgan fingerprint density at radius 1 is 1.30 bits per heavy atom. The second kappa shape index (κ2) is 1.42. The van der Waals surface area contributed by atoms with Crippen molar-refractivity contribution in [1.29, 1.82) is 0 Å². The molecule has 0 nitrogen and oxygen atoms in total. The topological polar surface area (TPSA) is 0 Å². The molecule has 10 heavy (non-hydrogen) atoms. The van der Waals surface area contributed by atoms with Crippen molar-refractivity contribution in [1.82, 2.24) is 0 Å². The van der Waals surface area contributed by atoms with Crippen LogP contribution in [0.3, 0.4) is 0 Å². The van der Waals surface area contributed by atoms with Gasteiger partial charge in [0, 0.05) is 11.3 Å². The second-order valence-corrected chi connectivity index (χ2v) is 4.41. The molecule has 2 rings (SSSR count). The highest BCUT2D eigenvalue weighted by Crippen LogP contribution is 2.58. The Hall–Kier alpha value is -0.440. The third-order valence-electron chi connectivity index (χ3n) is 3.75. The number of hydrogen-bond acceptors (Lipinski definition) is 0. The monoisotopic (exact) mass is 134 g/mol. The van der Waals surface area contributed by atoms with E-state index < -0.39 is 0 Å². The molecule has 0 amide bonds. The van der Waals surface area contributed by atoms with Crippen LogP contribution in [0, 0.1) is 28.6 Å². The van der Waals surface area contributed by atoms with Gasteiger partial charge in [-0.2, -0.15) is 0 Å². The van der Waals surface area contributed by atoms with Gasteiger partial charge in [-0.25, -0.2) is 0 Å². The zero-order valence-electron chi connectivity index (χ0n) is 6.99. The summed E-state index contributed by atoms with van der Waals surface area (Å²) >= 11 is 0. The molecule has 0 N–H and O–H groups in total. The summed E-state index contributed by atoms with van der Waals surface area (Å²) in [5, 5.41) is 0. The van der Waals surface area contributed by atoms with E-state index in [9.17, 15) is 0 Å². The van der Waals surface area contributed by atoms with Crippen molar-refractivity contribution in [2.75, 3.05) is 0 Å². The molecule has 2 aliphatic carbocycles. The summed E-state index contributed by atoms with van der Waals surface area (Å²) < 4.78 is 0. The van der Waals surface area contributed by atoms with Crippen LogP contribution in [0.25, 0.3) is 0 Å². The fraction of sp³-hybridized carbons (Fsp3) is 0.800. The van der Waals surface area contributed by atoms with Crippen molar-refractivity contribution in [3.63, 3.8) is 0 Å². The van der Waals surface area contributed by atoms with E-state index in [1.54, 1.807) is 0 Å². The largest absolute Gasteiger partial charge is 0.0987 e. The molecular weight excluding hydrogens is 120 g/mol. The summed E-state index contributed by atoms with van der Waals surface area (Å²) in [5.41, 5.74) is 0.782. The average Bonchev–Trinajstić information content (AvgIpc) is 2.18. The maximum absolute atomic E-state index is 3.37. The Morgan fingerprint density at radius 2 is 2.00 bits per heavy atom. The molecular formula is C10H14. The first kappa shape index (κ1) is 6.28. The second-order valence-electron chi connectivity index (χ2n) is 4.41. The molecule has 2 bridgehead atoms. The van der Waals surface area contributed by atoms with Gasteiger partial charge in [-0.3, -0.25) is 0 Å². The van der Waals surface area contributed by atoms with E-state index in [4.69, 9.17) is 0 Å². The molecule has 0 aromatic heterocycles. The number of hydrogen-bond donors (Lipinski definition) is 0. The van der Waals surface area contributed by atoms with Gasteiger partial charge < -0.3 is 0 Å². The lowest BCUT2D eigenvalue weighted by Crippen LogP contribution is -2.28. The minimum Gasteiger partial charge on any atom is -0.0987 e. The summed E-state index contributed by atoms with van der Waals surface area (Å²) in [5.74, 6) is 7.40. The molecule has 0 spiro atoms. The summed E-state index contributed by atoms with van der Waals surface area (Å²) in [4.78, 5) is 0. The van der Waals surface area contributed by atoms with E-state index in [0.29, 0.717) is 16.7 Å². The molecule has 0 saturated heterocycles. The van der Waals surface area contributed by atoms with Crippen LogP contribution in [0.4, 0.5) is 0 Å². The van der Waals surface area contributed by atoms with Crippen molar-refractivity contribution in [3.05, 3.63) is 0 Å². The molecule has 0 aromatic carbocycles. The van der Waals surface area contributed by atoms with Crippen LogP contribution in [0.15, 0.2) is 0 Å². The summed E-state index contributed by atoms with van der Waals surface area (Å²) in [6, 6.07) is 0. The molecule has 2 atom stereocenters. The third-order valence-corrected chi connectivity index (χ3v) is 3.75. The first-order valence-electron chi connectivity index (χ1n) is 4.09. The van der Waals surface area contributed by atoms with Gasteiger partial charge in [-0.15, -0.1) is 0 Å². The first-order valence-corrected chi connectivity index (χ1v) is 4.09. The highest BCUT2D eigenvalue weighted by atomic mass is 14.5. The van der Waals surface area contributed by atoms with Crippen LogP contribution >= 0.6 is 0 Å². The zero-order valence-corrected chi connectivity index (χ0v) is 6.99. The van der Waals surface area contributed by atoms with E-state index >= 15 is 0 Å². The predicted octanol–water partition coefficient (Wildman–Crippen LogP) is 2.45.